The van der Waals surface area contributed by atoms with Crippen LogP contribution in [0.5, 0.6) is 11.5 Å². The highest BCUT2D eigenvalue weighted by Crippen LogP contribution is 2.48. The third-order valence-corrected chi connectivity index (χ3v) is 6.49. The predicted octanol–water partition coefficient (Wildman–Crippen LogP) is 5.52. The van der Waals surface area contributed by atoms with Crippen molar-refractivity contribution in [2.24, 2.45) is 0 Å². The maximum atomic E-state index is 14.5. The van der Waals surface area contributed by atoms with E-state index in [2.05, 4.69) is 62.7 Å². The minimum absolute atomic E-state index is 0.132. The van der Waals surface area contributed by atoms with Crippen LogP contribution < -0.4 is 20.1 Å². The summed E-state index contributed by atoms with van der Waals surface area (Å²) in [7, 11) is 2.03. The molecule has 0 aliphatic carbocycles. The number of fused-ring (bicyclic) bond motifs is 1. The van der Waals surface area contributed by atoms with E-state index in [0.717, 1.165) is 6.20 Å². The fraction of sp³-hybridized carbons (Fsp3) is 0.545. The molecule has 13 heteroatoms. The normalized spacial score (nSPS) is 22.5. The number of ether oxygens (including phenoxy) is 2. The molecule has 0 saturated carbocycles. The highest BCUT2D eigenvalue weighted by atomic mass is 19.3. The van der Waals surface area contributed by atoms with Crippen molar-refractivity contribution in [1.82, 2.24) is 14.9 Å². The minimum atomic E-state index is -4.97. The Kier molecular flexibility index (Phi) is 5.77. The average Bonchev–Trinajstić information content (AvgIpc) is 2.70. The number of hydrogen-bond donors (Lipinski definition) is 2. The van der Waals surface area contributed by atoms with Gasteiger partial charge in [0.2, 0.25) is 5.95 Å². The first-order chi connectivity index (χ1) is 16.0. The maximum Gasteiger partial charge on any atom is 0.507 e. The number of nitrogens with one attached hydrogen (secondary N) is 2. The molecule has 1 saturated heterocycles. The van der Waals surface area contributed by atoms with Gasteiger partial charge in [0, 0.05) is 29.3 Å². The second-order valence-corrected chi connectivity index (χ2v) is 9.97. The van der Waals surface area contributed by atoms with Crippen molar-refractivity contribution >= 4 is 17.5 Å². The van der Waals surface area contributed by atoms with Gasteiger partial charge in [0.15, 0.2) is 29.0 Å². The third kappa shape index (κ3) is 4.65. The lowest BCUT2D eigenvalue weighted by Crippen LogP contribution is -2.61. The Balaban J connectivity index is 1.57. The molecular formula is C22H25F6N5O2. The molecule has 7 nitrogen and oxygen atoms in total. The molecule has 3 heterocycles. The zero-order valence-corrected chi connectivity index (χ0v) is 19.6. The molecule has 1 aromatic carbocycles. The summed E-state index contributed by atoms with van der Waals surface area (Å²) in [6.45, 7) is 8.32. The number of rotatable bonds is 4. The van der Waals surface area contributed by atoms with Crippen LogP contribution in [0.4, 0.5) is 43.8 Å². The van der Waals surface area contributed by atoms with Gasteiger partial charge in [-0.3, -0.25) is 4.90 Å². The summed E-state index contributed by atoms with van der Waals surface area (Å²) in [4.78, 5) is 10.1. The minimum Gasteiger partial charge on any atom is -0.421 e. The zero-order chi connectivity index (χ0) is 26.0. The second kappa shape index (κ2) is 8.04. The Morgan fingerprint density at radius 1 is 0.914 bits per heavy atom. The van der Waals surface area contributed by atoms with E-state index in [0.29, 0.717) is 25.0 Å². The molecule has 35 heavy (non-hydrogen) atoms. The summed E-state index contributed by atoms with van der Waals surface area (Å²) in [5, 5.41) is 5.51. The smallest absolute Gasteiger partial charge is 0.421 e. The van der Waals surface area contributed by atoms with Gasteiger partial charge >= 0.3 is 12.2 Å². The van der Waals surface area contributed by atoms with Crippen molar-refractivity contribution in [1.29, 1.82) is 0 Å². The van der Waals surface area contributed by atoms with Crippen molar-refractivity contribution in [2.75, 3.05) is 17.7 Å². The monoisotopic (exact) mass is 505 g/mol. The fourth-order valence-electron chi connectivity index (χ4n) is 4.50. The molecule has 2 aliphatic rings. The molecule has 0 unspecified atom stereocenters. The van der Waals surface area contributed by atoms with E-state index in [1.54, 1.807) is 0 Å². The molecule has 192 valence electrons. The highest BCUT2D eigenvalue weighted by Gasteiger charge is 2.66. The van der Waals surface area contributed by atoms with E-state index in [1.807, 2.05) is 7.05 Å². The van der Waals surface area contributed by atoms with Crippen LogP contribution in [0.1, 0.15) is 40.5 Å². The number of likely N-dealkylation sites (tertiary alicyclic amines) is 1. The maximum absolute atomic E-state index is 14.5. The molecule has 0 bridgehead atoms. The van der Waals surface area contributed by atoms with Gasteiger partial charge in [-0.1, -0.05) is 0 Å². The molecule has 0 amide bonds. The summed E-state index contributed by atoms with van der Waals surface area (Å²) in [5.74, 6) is -3.98. The van der Waals surface area contributed by atoms with Gasteiger partial charge in [0.25, 0.3) is 0 Å². The van der Waals surface area contributed by atoms with Crippen LogP contribution in [0.2, 0.25) is 0 Å². The van der Waals surface area contributed by atoms with E-state index in [1.165, 1.54) is 0 Å². The summed E-state index contributed by atoms with van der Waals surface area (Å²) in [5.41, 5.74) is -0.832. The number of halogens is 6. The number of benzene rings is 1. The van der Waals surface area contributed by atoms with Gasteiger partial charge < -0.3 is 20.1 Å². The van der Waals surface area contributed by atoms with E-state index >= 15 is 0 Å². The van der Waals surface area contributed by atoms with E-state index in [-0.39, 0.29) is 28.9 Å². The first-order valence-corrected chi connectivity index (χ1v) is 10.8. The zero-order valence-electron chi connectivity index (χ0n) is 19.6. The van der Waals surface area contributed by atoms with Gasteiger partial charge in [-0.2, -0.15) is 22.5 Å². The Morgan fingerprint density at radius 2 is 1.46 bits per heavy atom. The number of aromatic nitrogens is 2. The molecule has 1 fully saturated rings. The van der Waals surface area contributed by atoms with Crippen LogP contribution in [-0.4, -0.2) is 51.3 Å². The number of piperidine rings is 1. The number of hydrogen-bond acceptors (Lipinski definition) is 7. The number of alkyl halides is 4. The lowest BCUT2D eigenvalue weighted by molar-refractivity contribution is -0.391. The summed E-state index contributed by atoms with van der Waals surface area (Å²) in [6.07, 6.45) is -7.69. The second-order valence-electron chi connectivity index (χ2n) is 9.97. The van der Waals surface area contributed by atoms with Crippen LogP contribution in [0, 0.1) is 11.6 Å². The summed E-state index contributed by atoms with van der Waals surface area (Å²) in [6, 6.07) is 1.03. The van der Waals surface area contributed by atoms with Gasteiger partial charge in [-0.15, -0.1) is 0 Å². The van der Waals surface area contributed by atoms with Crippen molar-refractivity contribution in [3.63, 3.8) is 0 Å². The molecule has 0 spiro atoms. The van der Waals surface area contributed by atoms with Crippen LogP contribution >= 0.6 is 0 Å². The summed E-state index contributed by atoms with van der Waals surface area (Å²) < 4.78 is 90.6. The Bertz CT molecular complexity index is 1130. The summed E-state index contributed by atoms with van der Waals surface area (Å²) >= 11 is 0. The topological polar surface area (TPSA) is 71.5 Å². The van der Waals surface area contributed by atoms with Crippen molar-refractivity contribution < 1.29 is 35.8 Å². The largest absolute Gasteiger partial charge is 0.507 e. The Hall–Kier alpha value is -2.96. The van der Waals surface area contributed by atoms with Crippen LogP contribution in [0.15, 0.2) is 18.3 Å². The highest BCUT2D eigenvalue weighted by molar-refractivity contribution is 5.62. The molecule has 2 aliphatic heterocycles. The molecular weight excluding hydrogens is 480 g/mol. The SMILES string of the molecule is CN1C(C)(C)CC(Nc2nc(Nc3cc4c(cc3F)OC(F)(F)C(F)(F)O4)ncc2F)CC1(C)C. The Morgan fingerprint density at radius 3 is 2.03 bits per heavy atom. The quantitative estimate of drug-likeness (QED) is 0.531. The molecule has 0 atom stereocenters. The molecule has 0 radical (unpaired) electrons. The molecule has 4 rings (SSSR count). The number of anilines is 3. The van der Waals surface area contributed by atoms with Crippen molar-refractivity contribution in [3.05, 3.63) is 30.0 Å². The van der Waals surface area contributed by atoms with Crippen LogP contribution in [-0.2, 0) is 0 Å². The standard InChI is InChI=1S/C22H25F6N5O2/c1-19(2)8-11(9-20(3,4)33(19)5)30-17-13(24)10-29-18(32-17)31-14-7-16-15(6-12(14)23)34-21(25,26)22(27,28)35-16/h6-7,10-11H,8-9H2,1-5H3,(H2,29,30,31,32). The van der Waals surface area contributed by atoms with Gasteiger partial charge in [0.1, 0.15) is 0 Å². The van der Waals surface area contributed by atoms with Crippen LogP contribution in [0.3, 0.4) is 0 Å². The number of nitrogens with zero attached hydrogens (tertiary/aromatic N) is 3. The predicted molar refractivity (Wildman–Crippen MR) is 115 cm³/mol. The van der Waals surface area contributed by atoms with Crippen molar-refractivity contribution in [3.8, 4) is 11.5 Å². The van der Waals surface area contributed by atoms with Crippen molar-refractivity contribution in [2.45, 2.75) is 69.9 Å². The average molecular weight is 505 g/mol. The van der Waals surface area contributed by atoms with Gasteiger partial charge in [0.05, 0.1) is 11.9 Å². The Labute approximate surface area is 197 Å². The third-order valence-electron chi connectivity index (χ3n) is 6.49. The first-order valence-electron chi connectivity index (χ1n) is 10.8. The lowest BCUT2D eigenvalue weighted by Gasteiger charge is -2.53. The van der Waals surface area contributed by atoms with E-state index < -0.39 is 41.0 Å². The fourth-order valence-corrected chi connectivity index (χ4v) is 4.50. The molecule has 1 aromatic heterocycles. The van der Waals surface area contributed by atoms with Crippen LogP contribution in [0.25, 0.3) is 0 Å². The lowest BCUT2D eigenvalue weighted by atomic mass is 9.77. The molecule has 2 aromatic rings. The van der Waals surface area contributed by atoms with E-state index in [9.17, 15) is 26.3 Å². The van der Waals surface area contributed by atoms with Gasteiger partial charge in [-0.05, 0) is 47.6 Å². The van der Waals surface area contributed by atoms with E-state index in [4.69, 9.17) is 0 Å². The first kappa shape index (κ1) is 25.1. The van der Waals surface area contributed by atoms with Gasteiger partial charge in [-0.25, -0.2) is 13.8 Å². The molecule has 2 N–H and O–H groups in total.